The molecule has 0 unspecified atom stereocenters. The summed E-state index contributed by atoms with van der Waals surface area (Å²) in [4.78, 5) is 0. The standard InChI is InChI=1S/C12H8ClF2NO/c13-8-2-1-3-10(16)12(8)17-11-6-7(14)4-5-9(11)15/h1-6H,16H2. The van der Waals surface area contributed by atoms with E-state index in [1.165, 1.54) is 0 Å². The topological polar surface area (TPSA) is 35.2 Å². The SMILES string of the molecule is Nc1cccc(Cl)c1Oc1cc(F)ccc1F. The van der Waals surface area contributed by atoms with Crippen molar-refractivity contribution in [3.63, 3.8) is 0 Å². The Bertz CT molecular complexity index is 540. The summed E-state index contributed by atoms with van der Waals surface area (Å²) in [5.74, 6) is -1.44. The molecule has 2 aromatic carbocycles. The summed E-state index contributed by atoms with van der Waals surface area (Å²) < 4.78 is 31.5. The van der Waals surface area contributed by atoms with Crippen LogP contribution in [-0.2, 0) is 0 Å². The Labute approximate surface area is 102 Å². The number of nitrogen functional groups attached to an aromatic ring is 1. The molecule has 2 N–H and O–H groups in total. The summed E-state index contributed by atoms with van der Waals surface area (Å²) in [5, 5.41) is 0.230. The fourth-order valence-corrected chi connectivity index (χ4v) is 1.52. The molecule has 88 valence electrons. The first kappa shape index (κ1) is 11.7. The Balaban J connectivity index is 2.41. The van der Waals surface area contributed by atoms with Gasteiger partial charge in [0.15, 0.2) is 17.3 Å². The molecule has 0 heterocycles. The van der Waals surface area contributed by atoms with Gasteiger partial charge in [-0.15, -0.1) is 0 Å². The van der Waals surface area contributed by atoms with Crippen LogP contribution in [0.15, 0.2) is 36.4 Å². The summed E-state index contributed by atoms with van der Waals surface area (Å²) in [6.45, 7) is 0. The number of ether oxygens (including phenoxy) is 1. The number of anilines is 1. The first-order chi connectivity index (χ1) is 8.08. The molecule has 0 spiro atoms. The third-order valence-corrected chi connectivity index (χ3v) is 2.40. The maximum Gasteiger partial charge on any atom is 0.169 e. The number of nitrogens with two attached hydrogens (primary N) is 1. The Morgan fingerprint density at radius 1 is 1.12 bits per heavy atom. The van der Waals surface area contributed by atoms with E-state index in [0.717, 1.165) is 18.2 Å². The number of rotatable bonds is 2. The average molecular weight is 256 g/mol. The van der Waals surface area contributed by atoms with E-state index in [-0.39, 0.29) is 22.2 Å². The molecule has 0 aliphatic rings. The van der Waals surface area contributed by atoms with Crippen LogP contribution in [0.4, 0.5) is 14.5 Å². The lowest BCUT2D eigenvalue weighted by Crippen LogP contribution is -1.95. The molecule has 0 amide bonds. The van der Waals surface area contributed by atoms with Gasteiger partial charge in [0.05, 0.1) is 10.7 Å². The van der Waals surface area contributed by atoms with Gasteiger partial charge in [-0.3, -0.25) is 0 Å². The highest BCUT2D eigenvalue weighted by Gasteiger charge is 2.11. The predicted molar refractivity (Wildman–Crippen MR) is 62.3 cm³/mol. The van der Waals surface area contributed by atoms with Crippen molar-refractivity contribution in [3.8, 4) is 11.5 Å². The summed E-state index contributed by atoms with van der Waals surface area (Å²) in [7, 11) is 0. The number of hydrogen-bond acceptors (Lipinski definition) is 2. The summed E-state index contributed by atoms with van der Waals surface area (Å²) in [6.07, 6.45) is 0. The zero-order chi connectivity index (χ0) is 12.4. The predicted octanol–water partition coefficient (Wildman–Crippen LogP) is 3.99. The number of para-hydroxylation sites is 1. The van der Waals surface area contributed by atoms with Crippen LogP contribution in [0.5, 0.6) is 11.5 Å². The summed E-state index contributed by atoms with van der Waals surface area (Å²) in [5.41, 5.74) is 5.88. The van der Waals surface area contributed by atoms with E-state index in [9.17, 15) is 8.78 Å². The second kappa shape index (κ2) is 4.59. The van der Waals surface area contributed by atoms with Gasteiger partial charge < -0.3 is 10.5 Å². The molecule has 0 radical (unpaired) electrons. The van der Waals surface area contributed by atoms with Crippen LogP contribution in [0.3, 0.4) is 0 Å². The van der Waals surface area contributed by atoms with Crippen LogP contribution < -0.4 is 10.5 Å². The minimum absolute atomic E-state index is 0.110. The molecular weight excluding hydrogens is 248 g/mol. The van der Waals surface area contributed by atoms with Crippen molar-refractivity contribution >= 4 is 17.3 Å². The fraction of sp³-hybridized carbons (Fsp3) is 0. The molecule has 0 atom stereocenters. The molecule has 0 aliphatic carbocycles. The Morgan fingerprint density at radius 2 is 1.88 bits per heavy atom. The van der Waals surface area contributed by atoms with Crippen molar-refractivity contribution < 1.29 is 13.5 Å². The molecule has 0 bridgehead atoms. The second-order valence-electron chi connectivity index (χ2n) is 3.33. The maximum absolute atomic E-state index is 13.3. The molecule has 0 fully saturated rings. The molecule has 0 saturated carbocycles. The largest absolute Gasteiger partial charge is 0.450 e. The first-order valence-corrected chi connectivity index (χ1v) is 5.12. The van der Waals surface area contributed by atoms with Crippen molar-refractivity contribution in [2.24, 2.45) is 0 Å². The van der Waals surface area contributed by atoms with Crippen molar-refractivity contribution in [2.75, 3.05) is 5.73 Å². The molecule has 2 aromatic rings. The van der Waals surface area contributed by atoms with Crippen molar-refractivity contribution in [3.05, 3.63) is 53.1 Å². The molecule has 2 rings (SSSR count). The Morgan fingerprint density at radius 3 is 2.59 bits per heavy atom. The zero-order valence-electron chi connectivity index (χ0n) is 8.58. The van der Waals surface area contributed by atoms with Gasteiger partial charge in [0.1, 0.15) is 5.82 Å². The Kier molecular flexibility index (Phi) is 3.15. The molecule has 0 saturated heterocycles. The molecule has 17 heavy (non-hydrogen) atoms. The van der Waals surface area contributed by atoms with Gasteiger partial charge in [0.25, 0.3) is 0 Å². The van der Waals surface area contributed by atoms with Crippen molar-refractivity contribution in [2.45, 2.75) is 0 Å². The zero-order valence-corrected chi connectivity index (χ0v) is 9.34. The smallest absolute Gasteiger partial charge is 0.169 e. The van der Waals surface area contributed by atoms with E-state index >= 15 is 0 Å². The number of halogens is 3. The van der Waals surface area contributed by atoms with Crippen LogP contribution in [-0.4, -0.2) is 0 Å². The van der Waals surface area contributed by atoms with Crippen LogP contribution in [0.2, 0.25) is 5.02 Å². The van der Waals surface area contributed by atoms with E-state index in [4.69, 9.17) is 22.1 Å². The molecule has 2 nitrogen and oxygen atoms in total. The average Bonchev–Trinajstić information content (AvgIpc) is 2.28. The van der Waals surface area contributed by atoms with Crippen LogP contribution >= 0.6 is 11.6 Å². The monoisotopic (exact) mass is 255 g/mol. The molecule has 0 aromatic heterocycles. The van der Waals surface area contributed by atoms with Crippen molar-refractivity contribution in [1.29, 1.82) is 0 Å². The number of hydrogen-bond donors (Lipinski definition) is 1. The van der Waals surface area contributed by atoms with E-state index in [2.05, 4.69) is 0 Å². The lowest BCUT2D eigenvalue weighted by molar-refractivity contribution is 0.438. The van der Waals surface area contributed by atoms with Gasteiger partial charge >= 0.3 is 0 Å². The highest BCUT2D eigenvalue weighted by molar-refractivity contribution is 6.32. The third-order valence-electron chi connectivity index (χ3n) is 2.10. The van der Waals surface area contributed by atoms with Crippen LogP contribution in [0.25, 0.3) is 0 Å². The summed E-state index contributed by atoms with van der Waals surface area (Å²) >= 11 is 5.85. The quantitative estimate of drug-likeness (QED) is 0.824. The van der Waals surface area contributed by atoms with Gasteiger partial charge in [0, 0.05) is 6.07 Å². The van der Waals surface area contributed by atoms with Crippen LogP contribution in [0.1, 0.15) is 0 Å². The highest BCUT2D eigenvalue weighted by atomic mass is 35.5. The third kappa shape index (κ3) is 2.47. The van der Waals surface area contributed by atoms with Gasteiger partial charge in [-0.1, -0.05) is 17.7 Å². The lowest BCUT2D eigenvalue weighted by Gasteiger charge is -2.10. The summed E-state index contributed by atoms with van der Waals surface area (Å²) in [6, 6.07) is 7.63. The van der Waals surface area contributed by atoms with Crippen LogP contribution in [0, 0.1) is 11.6 Å². The Hall–Kier alpha value is -1.81. The molecular formula is C12H8ClF2NO. The van der Waals surface area contributed by atoms with Crippen molar-refractivity contribution in [1.82, 2.24) is 0 Å². The van der Waals surface area contributed by atoms with E-state index in [1.807, 2.05) is 0 Å². The highest BCUT2D eigenvalue weighted by Crippen LogP contribution is 2.35. The van der Waals surface area contributed by atoms with Gasteiger partial charge in [0.2, 0.25) is 0 Å². The van der Waals surface area contributed by atoms with E-state index in [1.54, 1.807) is 18.2 Å². The minimum atomic E-state index is -0.689. The normalized spacial score (nSPS) is 10.3. The van der Waals surface area contributed by atoms with Gasteiger partial charge in [-0.25, -0.2) is 8.78 Å². The molecule has 0 aliphatic heterocycles. The first-order valence-electron chi connectivity index (χ1n) is 4.75. The minimum Gasteiger partial charge on any atom is -0.450 e. The lowest BCUT2D eigenvalue weighted by atomic mass is 10.3. The van der Waals surface area contributed by atoms with E-state index in [0.29, 0.717) is 0 Å². The molecule has 5 heteroatoms. The van der Waals surface area contributed by atoms with Gasteiger partial charge in [-0.2, -0.15) is 0 Å². The van der Waals surface area contributed by atoms with Gasteiger partial charge in [-0.05, 0) is 24.3 Å². The van der Waals surface area contributed by atoms with E-state index < -0.39 is 11.6 Å². The fourth-order valence-electron chi connectivity index (χ4n) is 1.30. The second-order valence-corrected chi connectivity index (χ2v) is 3.74. The maximum atomic E-state index is 13.3. The number of benzene rings is 2.